The summed E-state index contributed by atoms with van der Waals surface area (Å²) in [7, 11) is 4.05. The van der Waals surface area contributed by atoms with Gasteiger partial charge in [0.1, 0.15) is 5.82 Å². The molecule has 0 atom stereocenters. The molecule has 1 heterocycles. The Kier molecular flexibility index (Phi) is 4.04. The second-order valence-electron chi connectivity index (χ2n) is 4.33. The molecule has 96 valence electrons. The Morgan fingerprint density at radius 3 is 2.78 bits per heavy atom. The molecule has 1 aromatic heterocycles. The molecule has 0 saturated carbocycles. The van der Waals surface area contributed by atoms with E-state index in [1.165, 1.54) is 0 Å². The summed E-state index contributed by atoms with van der Waals surface area (Å²) in [4.78, 5) is 6.49. The minimum Gasteiger partial charge on any atom is -0.367 e. The van der Waals surface area contributed by atoms with E-state index in [1.54, 1.807) is 0 Å². The summed E-state index contributed by atoms with van der Waals surface area (Å²) < 4.78 is 3.07. The number of aromatic nitrogens is 2. The van der Waals surface area contributed by atoms with E-state index in [0.717, 1.165) is 28.1 Å². The van der Waals surface area contributed by atoms with Gasteiger partial charge in [-0.15, -0.1) is 0 Å². The number of nitrogens with zero attached hydrogens (tertiary/aromatic N) is 3. The molecule has 0 aliphatic rings. The summed E-state index contributed by atoms with van der Waals surface area (Å²) in [6, 6.07) is 6.23. The van der Waals surface area contributed by atoms with Gasteiger partial charge in [0.15, 0.2) is 0 Å². The van der Waals surface area contributed by atoms with Crippen molar-refractivity contribution >= 4 is 21.6 Å². The van der Waals surface area contributed by atoms with Crippen LogP contribution in [0.3, 0.4) is 0 Å². The van der Waals surface area contributed by atoms with E-state index in [1.807, 2.05) is 30.1 Å². The lowest BCUT2D eigenvalue weighted by Crippen LogP contribution is -2.19. The highest BCUT2D eigenvalue weighted by molar-refractivity contribution is 9.10. The first-order chi connectivity index (χ1) is 8.60. The molecule has 2 rings (SSSR count). The van der Waals surface area contributed by atoms with Crippen molar-refractivity contribution in [1.29, 1.82) is 0 Å². The minimum atomic E-state index is 0.544. The van der Waals surface area contributed by atoms with E-state index in [9.17, 15) is 0 Å². The van der Waals surface area contributed by atoms with Crippen LogP contribution in [0, 0.1) is 0 Å². The second-order valence-corrected chi connectivity index (χ2v) is 5.25. The quantitative estimate of drug-likeness (QED) is 0.942. The molecule has 0 spiro atoms. The summed E-state index contributed by atoms with van der Waals surface area (Å²) in [5.74, 6) is 1.03. The van der Waals surface area contributed by atoms with E-state index in [2.05, 4.69) is 45.0 Å². The van der Waals surface area contributed by atoms with E-state index < -0.39 is 0 Å². The fourth-order valence-electron chi connectivity index (χ4n) is 1.82. The standard InChI is InChI=1S/C13H17BrN4/c1-17-4-3-16-13(17)9-18(2)12-6-10(8-15)5-11(14)7-12/h3-7H,8-9,15H2,1-2H3. The van der Waals surface area contributed by atoms with Crippen LogP contribution in [0.4, 0.5) is 5.69 Å². The molecule has 2 N–H and O–H groups in total. The van der Waals surface area contributed by atoms with Crippen molar-refractivity contribution in [2.45, 2.75) is 13.1 Å². The molecule has 0 aliphatic heterocycles. The van der Waals surface area contributed by atoms with Gasteiger partial charge in [-0.1, -0.05) is 15.9 Å². The maximum Gasteiger partial charge on any atom is 0.127 e. The van der Waals surface area contributed by atoms with E-state index in [-0.39, 0.29) is 0 Å². The van der Waals surface area contributed by atoms with Crippen molar-refractivity contribution in [2.75, 3.05) is 11.9 Å². The maximum absolute atomic E-state index is 5.69. The van der Waals surface area contributed by atoms with Crippen LogP contribution >= 0.6 is 15.9 Å². The molecular formula is C13H17BrN4. The van der Waals surface area contributed by atoms with Crippen LogP contribution in [0.15, 0.2) is 35.1 Å². The SMILES string of the molecule is CN(Cc1nccn1C)c1cc(Br)cc(CN)c1. The first-order valence-corrected chi connectivity index (χ1v) is 6.56. The monoisotopic (exact) mass is 308 g/mol. The van der Waals surface area contributed by atoms with Crippen LogP contribution in [-0.4, -0.2) is 16.6 Å². The smallest absolute Gasteiger partial charge is 0.127 e. The number of aryl methyl sites for hydroxylation is 1. The zero-order valence-corrected chi connectivity index (χ0v) is 12.2. The van der Waals surface area contributed by atoms with Gasteiger partial charge in [-0.2, -0.15) is 0 Å². The van der Waals surface area contributed by atoms with Crippen molar-refractivity contribution < 1.29 is 0 Å². The van der Waals surface area contributed by atoms with Crippen molar-refractivity contribution in [2.24, 2.45) is 12.8 Å². The fourth-order valence-corrected chi connectivity index (χ4v) is 2.35. The first kappa shape index (κ1) is 13.1. The number of halogens is 1. The highest BCUT2D eigenvalue weighted by atomic mass is 79.9. The third kappa shape index (κ3) is 2.91. The predicted octanol–water partition coefficient (Wildman–Crippen LogP) is 2.28. The highest BCUT2D eigenvalue weighted by Gasteiger charge is 2.07. The largest absolute Gasteiger partial charge is 0.367 e. The predicted molar refractivity (Wildman–Crippen MR) is 77.3 cm³/mol. The third-order valence-electron chi connectivity index (χ3n) is 2.92. The molecule has 18 heavy (non-hydrogen) atoms. The molecule has 2 aromatic rings. The minimum absolute atomic E-state index is 0.544. The van der Waals surface area contributed by atoms with E-state index in [0.29, 0.717) is 6.54 Å². The molecule has 0 fully saturated rings. The summed E-state index contributed by atoms with van der Waals surface area (Å²) in [5, 5.41) is 0. The van der Waals surface area contributed by atoms with Gasteiger partial charge < -0.3 is 15.2 Å². The van der Waals surface area contributed by atoms with Crippen LogP contribution in [0.2, 0.25) is 0 Å². The topological polar surface area (TPSA) is 47.1 Å². The summed E-state index contributed by atoms with van der Waals surface area (Å²) in [6.07, 6.45) is 3.77. The molecule has 0 bridgehead atoms. The Hall–Kier alpha value is -1.33. The lowest BCUT2D eigenvalue weighted by atomic mass is 10.2. The normalized spacial score (nSPS) is 10.7. The molecule has 0 amide bonds. The summed E-state index contributed by atoms with van der Waals surface area (Å²) >= 11 is 3.51. The number of rotatable bonds is 4. The first-order valence-electron chi connectivity index (χ1n) is 5.77. The van der Waals surface area contributed by atoms with Crippen molar-refractivity contribution in [1.82, 2.24) is 9.55 Å². The molecule has 0 aliphatic carbocycles. The zero-order valence-electron chi connectivity index (χ0n) is 10.6. The second kappa shape index (κ2) is 5.54. The number of imidazole rings is 1. The maximum atomic E-state index is 5.69. The fraction of sp³-hybridized carbons (Fsp3) is 0.308. The van der Waals surface area contributed by atoms with Gasteiger partial charge in [0.05, 0.1) is 6.54 Å². The van der Waals surface area contributed by atoms with Gasteiger partial charge in [-0.25, -0.2) is 4.98 Å². The molecular weight excluding hydrogens is 292 g/mol. The highest BCUT2D eigenvalue weighted by Crippen LogP contribution is 2.23. The third-order valence-corrected chi connectivity index (χ3v) is 3.38. The Labute approximate surface area is 116 Å². The summed E-state index contributed by atoms with van der Waals surface area (Å²) in [6.45, 7) is 1.31. The molecule has 0 saturated heterocycles. The zero-order chi connectivity index (χ0) is 13.1. The van der Waals surface area contributed by atoms with Crippen LogP contribution in [-0.2, 0) is 20.1 Å². The number of benzene rings is 1. The average Bonchev–Trinajstić information content (AvgIpc) is 2.74. The van der Waals surface area contributed by atoms with Gasteiger partial charge in [0, 0.05) is 43.2 Å². The molecule has 4 nitrogen and oxygen atoms in total. The Bertz CT molecular complexity index is 536. The number of nitrogens with two attached hydrogens (primary N) is 1. The van der Waals surface area contributed by atoms with Crippen LogP contribution in [0.5, 0.6) is 0 Å². The van der Waals surface area contributed by atoms with E-state index >= 15 is 0 Å². The summed E-state index contributed by atoms with van der Waals surface area (Å²) in [5.41, 5.74) is 7.94. The Morgan fingerprint density at radius 1 is 1.39 bits per heavy atom. The van der Waals surface area contributed by atoms with Crippen LogP contribution in [0.25, 0.3) is 0 Å². The molecule has 1 aromatic carbocycles. The van der Waals surface area contributed by atoms with Crippen molar-refractivity contribution in [3.63, 3.8) is 0 Å². The van der Waals surface area contributed by atoms with Crippen LogP contribution < -0.4 is 10.6 Å². The number of hydrogen-bond acceptors (Lipinski definition) is 3. The molecule has 5 heteroatoms. The Balaban J connectivity index is 2.20. The van der Waals surface area contributed by atoms with Gasteiger partial charge in [-0.3, -0.25) is 0 Å². The van der Waals surface area contributed by atoms with Crippen molar-refractivity contribution in [3.05, 3.63) is 46.5 Å². The number of hydrogen-bond donors (Lipinski definition) is 1. The lowest BCUT2D eigenvalue weighted by Gasteiger charge is -2.20. The van der Waals surface area contributed by atoms with E-state index in [4.69, 9.17) is 5.73 Å². The molecule has 0 unspecified atom stereocenters. The van der Waals surface area contributed by atoms with Gasteiger partial charge in [-0.05, 0) is 23.8 Å². The Morgan fingerprint density at radius 2 is 2.17 bits per heavy atom. The lowest BCUT2D eigenvalue weighted by molar-refractivity contribution is 0.761. The average molecular weight is 309 g/mol. The van der Waals surface area contributed by atoms with Gasteiger partial charge >= 0.3 is 0 Å². The van der Waals surface area contributed by atoms with Gasteiger partial charge in [0.25, 0.3) is 0 Å². The van der Waals surface area contributed by atoms with Crippen molar-refractivity contribution in [3.8, 4) is 0 Å². The van der Waals surface area contributed by atoms with Crippen LogP contribution in [0.1, 0.15) is 11.4 Å². The molecule has 0 radical (unpaired) electrons. The van der Waals surface area contributed by atoms with Gasteiger partial charge in [0.2, 0.25) is 0 Å². The number of anilines is 1.